The SMILES string of the molecule is CCCNc1ccc([N+](=O)[O-])cc1CSCC(C)CC. The third-order valence-electron chi connectivity index (χ3n) is 3.22. The zero-order chi connectivity index (χ0) is 15.0. The number of nitro benzene ring substituents is 1. The van der Waals surface area contributed by atoms with Gasteiger partial charge in [-0.05, 0) is 29.7 Å². The van der Waals surface area contributed by atoms with E-state index in [0.717, 1.165) is 35.7 Å². The van der Waals surface area contributed by atoms with Crippen LogP contribution in [0, 0.1) is 16.0 Å². The topological polar surface area (TPSA) is 55.2 Å². The highest BCUT2D eigenvalue weighted by atomic mass is 32.2. The maximum atomic E-state index is 10.9. The van der Waals surface area contributed by atoms with E-state index in [4.69, 9.17) is 0 Å². The molecule has 1 aromatic carbocycles. The Morgan fingerprint density at radius 2 is 2.15 bits per heavy atom. The van der Waals surface area contributed by atoms with E-state index in [0.29, 0.717) is 5.92 Å². The van der Waals surface area contributed by atoms with E-state index >= 15 is 0 Å². The van der Waals surface area contributed by atoms with Crippen molar-refractivity contribution in [1.82, 2.24) is 0 Å². The summed E-state index contributed by atoms with van der Waals surface area (Å²) in [5.41, 5.74) is 2.22. The second kappa shape index (κ2) is 8.84. The van der Waals surface area contributed by atoms with Crippen molar-refractivity contribution in [2.75, 3.05) is 17.6 Å². The van der Waals surface area contributed by atoms with E-state index in [-0.39, 0.29) is 10.6 Å². The Kier molecular flexibility index (Phi) is 7.44. The smallest absolute Gasteiger partial charge is 0.269 e. The van der Waals surface area contributed by atoms with E-state index in [1.807, 2.05) is 17.8 Å². The Morgan fingerprint density at radius 1 is 1.40 bits per heavy atom. The molecule has 0 saturated heterocycles. The van der Waals surface area contributed by atoms with Crippen molar-refractivity contribution < 1.29 is 4.92 Å². The molecule has 0 aliphatic rings. The number of benzene rings is 1. The molecule has 1 N–H and O–H groups in total. The Bertz CT molecular complexity index is 438. The second-order valence-electron chi connectivity index (χ2n) is 5.05. The summed E-state index contributed by atoms with van der Waals surface area (Å²) in [7, 11) is 0. The van der Waals surface area contributed by atoms with Gasteiger partial charge in [-0.15, -0.1) is 0 Å². The molecule has 1 aromatic rings. The summed E-state index contributed by atoms with van der Waals surface area (Å²) in [6.45, 7) is 7.42. The van der Waals surface area contributed by atoms with Crippen LogP contribution in [-0.2, 0) is 5.75 Å². The van der Waals surface area contributed by atoms with E-state index < -0.39 is 0 Å². The first-order chi connectivity index (χ1) is 9.58. The molecule has 0 heterocycles. The molecule has 0 aliphatic carbocycles. The number of thioether (sulfide) groups is 1. The minimum Gasteiger partial charge on any atom is -0.385 e. The molecule has 5 heteroatoms. The van der Waals surface area contributed by atoms with Crippen LogP contribution in [0.1, 0.15) is 39.2 Å². The molecule has 0 fully saturated rings. The van der Waals surface area contributed by atoms with Crippen molar-refractivity contribution in [3.63, 3.8) is 0 Å². The first-order valence-electron chi connectivity index (χ1n) is 7.17. The van der Waals surface area contributed by atoms with Gasteiger partial charge in [-0.25, -0.2) is 0 Å². The lowest BCUT2D eigenvalue weighted by atomic mass is 10.1. The molecule has 1 rings (SSSR count). The molecule has 1 unspecified atom stereocenters. The number of hydrogen-bond acceptors (Lipinski definition) is 4. The fourth-order valence-electron chi connectivity index (χ4n) is 1.73. The van der Waals surface area contributed by atoms with Crippen LogP contribution in [0.5, 0.6) is 0 Å². The third-order valence-corrected chi connectivity index (χ3v) is 4.54. The van der Waals surface area contributed by atoms with Crippen LogP contribution in [0.4, 0.5) is 11.4 Å². The lowest BCUT2D eigenvalue weighted by Crippen LogP contribution is -2.04. The average molecular weight is 296 g/mol. The van der Waals surface area contributed by atoms with Crippen LogP contribution in [-0.4, -0.2) is 17.2 Å². The zero-order valence-corrected chi connectivity index (χ0v) is 13.3. The summed E-state index contributed by atoms with van der Waals surface area (Å²) >= 11 is 1.84. The van der Waals surface area contributed by atoms with Gasteiger partial charge >= 0.3 is 0 Å². The van der Waals surface area contributed by atoms with Gasteiger partial charge < -0.3 is 5.32 Å². The van der Waals surface area contributed by atoms with Gasteiger partial charge in [-0.1, -0.05) is 27.2 Å². The minimum atomic E-state index is -0.327. The van der Waals surface area contributed by atoms with Crippen molar-refractivity contribution in [2.45, 2.75) is 39.4 Å². The Labute approximate surface area is 125 Å². The van der Waals surface area contributed by atoms with Gasteiger partial charge in [0, 0.05) is 30.1 Å². The van der Waals surface area contributed by atoms with Crippen molar-refractivity contribution >= 4 is 23.1 Å². The number of anilines is 1. The van der Waals surface area contributed by atoms with Gasteiger partial charge in [-0.3, -0.25) is 10.1 Å². The van der Waals surface area contributed by atoms with Gasteiger partial charge in [-0.2, -0.15) is 11.8 Å². The fraction of sp³-hybridized carbons (Fsp3) is 0.600. The zero-order valence-electron chi connectivity index (χ0n) is 12.5. The third kappa shape index (κ3) is 5.41. The molecule has 20 heavy (non-hydrogen) atoms. The van der Waals surface area contributed by atoms with Gasteiger partial charge in [0.25, 0.3) is 5.69 Å². The van der Waals surface area contributed by atoms with Crippen molar-refractivity contribution in [3.05, 3.63) is 33.9 Å². The Morgan fingerprint density at radius 3 is 2.75 bits per heavy atom. The van der Waals surface area contributed by atoms with Crippen LogP contribution in [0.25, 0.3) is 0 Å². The van der Waals surface area contributed by atoms with E-state index in [2.05, 4.69) is 26.1 Å². The molecular formula is C15H24N2O2S. The molecule has 112 valence electrons. The van der Waals surface area contributed by atoms with Crippen LogP contribution < -0.4 is 5.32 Å². The number of nitrogens with zero attached hydrogens (tertiary/aromatic N) is 1. The predicted octanol–water partition coefficient (Wildman–Crippen LogP) is 4.70. The maximum Gasteiger partial charge on any atom is 0.269 e. The van der Waals surface area contributed by atoms with E-state index in [1.165, 1.54) is 6.42 Å². The second-order valence-corrected chi connectivity index (χ2v) is 6.08. The van der Waals surface area contributed by atoms with Crippen LogP contribution in [0.15, 0.2) is 18.2 Å². The van der Waals surface area contributed by atoms with Crippen molar-refractivity contribution in [2.24, 2.45) is 5.92 Å². The minimum absolute atomic E-state index is 0.172. The summed E-state index contributed by atoms with van der Waals surface area (Å²) in [5.74, 6) is 2.59. The number of rotatable bonds is 9. The standard InChI is InChI=1S/C15H24N2O2S/c1-4-8-16-15-7-6-14(17(18)19)9-13(15)11-20-10-12(3)5-2/h6-7,9,12,16H,4-5,8,10-11H2,1-3H3. The molecule has 0 radical (unpaired) electrons. The molecule has 0 spiro atoms. The van der Waals surface area contributed by atoms with Gasteiger partial charge in [0.1, 0.15) is 0 Å². The van der Waals surface area contributed by atoms with Crippen LogP contribution >= 0.6 is 11.8 Å². The lowest BCUT2D eigenvalue weighted by molar-refractivity contribution is -0.384. The Balaban J connectivity index is 2.76. The summed E-state index contributed by atoms with van der Waals surface area (Å²) in [4.78, 5) is 10.6. The molecule has 0 bridgehead atoms. The summed E-state index contributed by atoms with van der Waals surface area (Å²) in [6, 6.07) is 5.09. The average Bonchev–Trinajstić information content (AvgIpc) is 2.45. The molecule has 0 amide bonds. The Hall–Kier alpha value is -1.23. The van der Waals surface area contributed by atoms with E-state index in [9.17, 15) is 10.1 Å². The molecule has 1 atom stereocenters. The van der Waals surface area contributed by atoms with Gasteiger partial charge in [0.2, 0.25) is 0 Å². The van der Waals surface area contributed by atoms with Gasteiger partial charge in [0.15, 0.2) is 0 Å². The maximum absolute atomic E-state index is 10.9. The van der Waals surface area contributed by atoms with Crippen LogP contribution in [0.2, 0.25) is 0 Å². The van der Waals surface area contributed by atoms with Crippen molar-refractivity contribution in [3.8, 4) is 0 Å². The summed E-state index contributed by atoms with van der Waals surface area (Å²) in [5, 5.41) is 14.2. The van der Waals surface area contributed by atoms with Crippen LogP contribution in [0.3, 0.4) is 0 Å². The molecular weight excluding hydrogens is 272 g/mol. The van der Waals surface area contributed by atoms with E-state index in [1.54, 1.807) is 12.1 Å². The molecule has 4 nitrogen and oxygen atoms in total. The fourth-order valence-corrected chi connectivity index (χ4v) is 2.95. The first kappa shape index (κ1) is 16.8. The summed E-state index contributed by atoms with van der Waals surface area (Å²) in [6.07, 6.45) is 2.21. The quantitative estimate of drug-likeness (QED) is 0.530. The number of nitro groups is 1. The lowest BCUT2D eigenvalue weighted by Gasteiger charge is -2.12. The molecule has 0 saturated carbocycles. The molecule has 0 aromatic heterocycles. The highest BCUT2D eigenvalue weighted by molar-refractivity contribution is 7.98. The largest absolute Gasteiger partial charge is 0.385 e. The van der Waals surface area contributed by atoms with Gasteiger partial charge in [0.05, 0.1) is 4.92 Å². The first-order valence-corrected chi connectivity index (χ1v) is 8.32. The highest BCUT2D eigenvalue weighted by Crippen LogP contribution is 2.27. The highest BCUT2D eigenvalue weighted by Gasteiger charge is 2.11. The number of non-ortho nitro benzene ring substituents is 1. The molecule has 0 aliphatic heterocycles. The number of nitrogens with one attached hydrogen (secondary N) is 1. The summed E-state index contributed by atoms with van der Waals surface area (Å²) < 4.78 is 0. The predicted molar refractivity (Wildman–Crippen MR) is 87.5 cm³/mol. The monoisotopic (exact) mass is 296 g/mol. The normalized spacial score (nSPS) is 12.2. The number of hydrogen-bond donors (Lipinski definition) is 1. The van der Waals surface area contributed by atoms with Crippen molar-refractivity contribution in [1.29, 1.82) is 0 Å².